The molecule has 104 valence electrons. The van der Waals surface area contributed by atoms with E-state index in [1.165, 1.54) is 0 Å². The molecule has 3 nitrogen and oxygen atoms in total. The van der Waals surface area contributed by atoms with Crippen LogP contribution in [0.1, 0.15) is 10.4 Å². The average Bonchev–Trinajstić information content (AvgIpc) is 2.32. The lowest BCUT2D eigenvalue weighted by Gasteiger charge is -2.08. The highest BCUT2D eigenvalue weighted by Gasteiger charge is 2.19. The highest BCUT2D eigenvalue weighted by molar-refractivity contribution is 6.04. The number of benzene rings is 2. The fraction of sp³-hybridized carbons (Fsp3) is 0. The minimum atomic E-state index is -1.38. The smallest absolute Gasteiger partial charge is 0.261 e. The molecule has 0 aliphatic carbocycles. The standard InChI is InChI=1S/C13H7F4NO2/c14-6-3-9(16)12(10(17)4-6)13(20)18-7-1-2-11(19)8(15)5-7/h1-5,19H,(H,18,20). The third-order valence-electron chi connectivity index (χ3n) is 2.44. The number of carbonyl (C=O) groups excluding carboxylic acids is 1. The maximum atomic E-state index is 13.4. The van der Waals surface area contributed by atoms with Gasteiger partial charge in [-0.05, 0) is 12.1 Å². The molecule has 0 unspecified atom stereocenters. The van der Waals surface area contributed by atoms with Gasteiger partial charge in [-0.15, -0.1) is 0 Å². The molecule has 20 heavy (non-hydrogen) atoms. The van der Waals surface area contributed by atoms with Gasteiger partial charge in [0.25, 0.3) is 5.91 Å². The lowest BCUT2D eigenvalue weighted by atomic mass is 10.1. The number of hydrogen-bond donors (Lipinski definition) is 2. The summed E-state index contributed by atoms with van der Waals surface area (Å²) in [6, 6.07) is 3.58. The molecule has 2 aromatic rings. The van der Waals surface area contributed by atoms with Gasteiger partial charge >= 0.3 is 0 Å². The molecule has 0 saturated carbocycles. The molecule has 0 aliphatic rings. The van der Waals surface area contributed by atoms with Crippen LogP contribution in [0, 0.1) is 23.3 Å². The Hall–Kier alpha value is -2.57. The summed E-state index contributed by atoms with van der Waals surface area (Å²) in [5.41, 5.74) is -1.10. The Morgan fingerprint density at radius 3 is 2.10 bits per heavy atom. The third kappa shape index (κ3) is 2.71. The van der Waals surface area contributed by atoms with Crippen molar-refractivity contribution in [2.45, 2.75) is 0 Å². The summed E-state index contributed by atoms with van der Waals surface area (Å²) in [7, 11) is 0. The van der Waals surface area contributed by atoms with Crippen molar-refractivity contribution in [1.82, 2.24) is 0 Å². The van der Waals surface area contributed by atoms with Crippen LogP contribution in [-0.2, 0) is 0 Å². The molecule has 2 N–H and O–H groups in total. The lowest BCUT2D eigenvalue weighted by Crippen LogP contribution is -2.16. The van der Waals surface area contributed by atoms with E-state index in [1.54, 1.807) is 0 Å². The number of amides is 1. The zero-order valence-electron chi connectivity index (χ0n) is 9.75. The molecule has 0 bridgehead atoms. The molecule has 0 aliphatic heterocycles. The second-order valence-electron chi connectivity index (χ2n) is 3.86. The van der Waals surface area contributed by atoms with E-state index in [1.807, 2.05) is 5.32 Å². The van der Waals surface area contributed by atoms with Crippen molar-refractivity contribution in [3.05, 3.63) is 59.2 Å². The molecule has 0 radical (unpaired) electrons. The van der Waals surface area contributed by atoms with E-state index >= 15 is 0 Å². The van der Waals surface area contributed by atoms with Crippen molar-refractivity contribution >= 4 is 11.6 Å². The van der Waals surface area contributed by atoms with Crippen LogP contribution in [-0.4, -0.2) is 11.0 Å². The van der Waals surface area contributed by atoms with E-state index in [2.05, 4.69) is 0 Å². The Balaban J connectivity index is 2.31. The molecule has 1 amide bonds. The van der Waals surface area contributed by atoms with Gasteiger partial charge in [-0.25, -0.2) is 17.6 Å². The first kappa shape index (κ1) is 13.9. The molecule has 0 spiro atoms. The number of phenols is 1. The van der Waals surface area contributed by atoms with Crippen LogP contribution in [0.5, 0.6) is 5.75 Å². The summed E-state index contributed by atoms with van der Waals surface area (Å²) in [6.07, 6.45) is 0. The number of anilines is 1. The highest BCUT2D eigenvalue weighted by atomic mass is 19.1. The number of halogens is 4. The van der Waals surface area contributed by atoms with Crippen molar-refractivity contribution in [3.63, 3.8) is 0 Å². The summed E-state index contributed by atoms with van der Waals surface area (Å²) in [4.78, 5) is 11.7. The first-order chi connectivity index (χ1) is 9.38. The van der Waals surface area contributed by atoms with E-state index < -0.39 is 40.5 Å². The summed E-state index contributed by atoms with van der Waals surface area (Å²) >= 11 is 0. The van der Waals surface area contributed by atoms with Gasteiger partial charge in [0.05, 0.1) is 0 Å². The van der Waals surface area contributed by atoms with Gasteiger partial charge in [0.15, 0.2) is 11.6 Å². The lowest BCUT2D eigenvalue weighted by molar-refractivity contribution is 0.101. The van der Waals surface area contributed by atoms with Gasteiger partial charge in [0.2, 0.25) is 0 Å². The van der Waals surface area contributed by atoms with Crippen molar-refractivity contribution in [3.8, 4) is 5.75 Å². The fourth-order valence-electron chi connectivity index (χ4n) is 1.54. The maximum absolute atomic E-state index is 13.4. The van der Waals surface area contributed by atoms with Crippen LogP contribution >= 0.6 is 0 Å². The molecular weight excluding hydrogens is 278 g/mol. The van der Waals surface area contributed by atoms with Crippen molar-refractivity contribution < 1.29 is 27.5 Å². The molecular formula is C13H7F4NO2. The Morgan fingerprint density at radius 1 is 0.950 bits per heavy atom. The summed E-state index contributed by atoms with van der Waals surface area (Å²) in [6.45, 7) is 0. The Bertz CT molecular complexity index is 665. The number of aromatic hydroxyl groups is 1. The topological polar surface area (TPSA) is 49.3 Å². The monoisotopic (exact) mass is 285 g/mol. The van der Waals surface area contributed by atoms with Crippen LogP contribution < -0.4 is 5.32 Å². The normalized spacial score (nSPS) is 10.4. The molecule has 0 saturated heterocycles. The number of nitrogens with one attached hydrogen (secondary N) is 1. The van der Waals surface area contributed by atoms with E-state index in [0.29, 0.717) is 12.1 Å². The number of phenolic OH excluding ortho intramolecular Hbond substituents is 1. The SMILES string of the molecule is O=C(Nc1ccc(O)c(F)c1)c1c(F)cc(F)cc1F. The molecule has 0 atom stereocenters. The first-order valence-corrected chi connectivity index (χ1v) is 5.33. The van der Waals surface area contributed by atoms with Crippen molar-refractivity contribution in [1.29, 1.82) is 0 Å². The number of carbonyl (C=O) groups is 1. The summed E-state index contributed by atoms with van der Waals surface area (Å²) in [5.74, 6) is -6.76. The van der Waals surface area contributed by atoms with Crippen LogP contribution in [0.15, 0.2) is 30.3 Å². The zero-order valence-corrected chi connectivity index (χ0v) is 9.75. The van der Waals surface area contributed by atoms with Crippen LogP contribution in [0.3, 0.4) is 0 Å². The van der Waals surface area contributed by atoms with Crippen LogP contribution in [0.2, 0.25) is 0 Å². The van der Waals surface area contributed by atoms with Crippen LogP contribution in [0.4, 0.5) is 23.2 Å². The zero-order chi connectivity index (χ0) is 14.9. The van der Waals surface area contributed by atoms with Gasteiger partial charge in [0.1, 0.15) is 23.0 Å². The van der Waals surface area contributed by atoms with Gasteiger partial charge in [-0.3, -0.25) is 4.79 Å². The van der Waals surface area contributed by atoms with Crippen molar-refractivity contribution in [2.75, 3.05) is 5.32 Å². The Kier molecular flexibility index (Phi) is 3.60. The van der Waals surface area contributed by atoms with E-state index in [-0.39, 0.29) is 5.69 Å². The van der Waals surface area contributed by atoms with E-state index in [4.69, 9.17) is 5.11 Å². The van der Waals surface area contributed by atoms with Gasteiger partial charge in [-0.2, -0.15) is 0 Å². The van der Waals surface area contributed by atoms with Gasteiger partial charge in [0, 0.05) is 23.9 Å². The summed E-state index contributed by atoms with van der Waals surface area (Å²) in [5, 5.41) is 11.0. The predicted octanol–water partition coefficient (Wildman–Crippen LogP) is 3.20. The third-order valence-corrected chi connectivity index (χ3v) is 2.44. The second kappa shape index (κ2) is 5.20. The second-order valence-corrected chi connectivity index (χ2v) is 3.86. The van der Waals surface area contributed by atoms with E-state index in [0.717, 1.165) is 18.2 Å². The average molecular weight is 285 g/mol. The Labute approximate surface area is 110 Å². The molecule has 2 aromatic carbocycles. The number of rotatable bonds is 2. The van der Waals surface area contributed by atoms with E-state index in [9.17, 15) is 22.4 Å². The van der Waals surface area contributed by atoms with Crippen molar-refractivity contribution in [2.24, 2.45) is 0 Å². The molecule has 0 aromatic heterocycles. The molecule has 7 heteroatoms. The quantitative estimate of drug-likeness (QED) is 0.657. The molecule has 0 fully saturated rings. The number of hydrogen-bond acceptors (Lipinski definition) is 2. The first-order valence-electron chi connectivity index (χ1n) is 5.33. The summed E-state index contributed by atoms with van der Waals surface area (Å²) < 4.78 is 52.5. The minimum absolute atomic E-state index is 0.117. The largest absolute Gasteiger partial charge is 0.505 e. The maximum Gasteiger partial charge on any atom is 0.261 e. The van der Waals surface area contributed by atoms with Gasteiger partial charge < -0.3 is 10.4 Å². The molecule has 0 heterocycles. The predicted molar refractivity (Wildman–Crippen MR) is 62.3 cm³/mol. The molecule has 2 rings (SSSR count). The van der Waals surface area contributed by atoms with Gasteiger partial charge in [-0.1, -0.05) is 0 Å². The minimum Gasteiger partial charge on any atom is -0.505 e. The Morgan fingerprint density at radius 2 is 1.55 bits per heavy atom. The van der Waals surface area contributed by atoms with Crippen LogP contribution in [0.25, 0.3) is 0 Å². The highest BCUT2D eigenvalue weighted by Crippen LogP contribution is 2.21. The fourth-order valence-corrected chi connectivity index (χ4v) is 1.54.